The summed E-state index contributed by atoms with van der Waals surface area (Å²) >= 11 is 0. The fourth-order valence-corrected chi connectivity index (χ4v) is 1.37. The van der Waals surface area contributed by atoms with Crippen LogP contribution in [0.4, 0.5) is 8.78 Å². The molecule has 0 aliphatic carbocycles. The third-order valence-corrected chi connectivity index (χ3v) is 2.37. The molecule has 0 heterocycles. The minimum Gasteiger partial charge on any atom is -0.467 e. The second-order valence-electron chi connectivity index (χ2n) is 3.42. The van der Waals surface area contributed by atoms with Crippen LogP contribution in [0.3, 0.4) is 0 Å². The highest BCUT2D eigenvalue weighted by atomic mass is 19.1. The van der Waals surface area contributed by atoms with E-state index in [4.69, 9.17) is 0 Å². The second kappa shape index (κ2) is 5.03. The Morgan fingerprint density at radius 2 is 2.06 bits per heavy atom. The van der Waals surface area contributed by atoms with Crippen molar-refractivity contribution in [1.82, 2.24) is 0 Å². The Kier molecular flexibility index (Phi) is 3.95. The van der Waals surface area contributed by atoms with Crippen molar-refractivity contribution >= 4 is 5.97 Å². The van der Waals surface area contributed by atoms with Crippen LogP contribution in [0.5, 0.6) is 0 Å². The number of methoxy groups -OCH3 is 1. The number of benzene rings is 1. The molecule has 0 bridgehead atoms. The van der Waals surface area contributed by atoms with Gasteiger partial charge in [-0.05, 0) is 11.6 Å². The fourth-order valence-electron chi connectivity index (χ4n) is 1.37. The first kappa shape index (κ1) is 12.6. The summed E-state index contributed by atoms with van der Waals surface area (Å²) in [7, 11) is 1.12. The molecule has 5 heteroatoms. The molecule has 0 saturated heterocycles. The quantitative estimate of drug-likeness (QED) is 0.802. The van der Waals surface area contributed by atoms with Crippen molar-refractivity contribution in [3.8, 4) is 0 Å². The molecule has 2 atom stereocenters. The number of aliphatic hydroxyl groups excluding tert-OH is 1. The standard InChI is InChI=1S/C11H12F2O3/c1-6(10(14)11(15)16-2)8-4-3-7(12)5-9(8)13/h3-6,10,14H,1-2H3. The zero-order valence-electron chi connectivity index (χ0n) is 8.91. The third-order valence-electron chi connectivity index (χ3n) is 2.37. The maximum atomic E-state index is 13.3. The highest BCUT2D eigenvalue weighted by molar-refractivity contribution is 5.75. The topological polar surface area (TPSA) is 46.5 Å². The van der Waals surface area contributed by atoms with Crippen molar-refractivity contribution in [2.45, 2.75) is 18.9 Å². The highest BCUT2D eigenvalue weighted by Gasteiger charge is 2.26. The molecule has 1 aromatic carbocycles. The van der Waals surface area contributed by atoms with E-state index in [-0.39, 0.29) is 5.56 Å². The van der Waals surface area contributed by atoms with Gasteiger partial charge in [-0.1, -0.05) is 13.0 Å². The molecule has 0 radical (unpaired) electrons. The van der Waals surface area contributed by atoms with E-state index in [1.165, 1.54) is 13.0 Å². The number of aliphatic hydroxyl groups is 1. The largest absolute Gasteiger partial charge is 0.467 e. The molecule has 1 N–H and O–H groups in total. The van der Waals surface area contributed by atoms with Gasteiger partial charge in [-0.3, -0.25) is 0 Å². The van der Waals surface area contributed by atoms with Crippen LogP contribution in [0, 0.1) is 11.6 Å². The van der Waals surface area contributed by atoms with Gasteiger partial charge in [0.1, 0.15) is 11.6 Å². The Morgan fingerprint density at radius 3 is 2.56 bits per heavy atom. The number of rotatable bonds is 3. The first-order chi connectivity index (χ1) is 7.47. The fraction of sp³-hybridized carbons (Fsp3) is 0.364. The zero-order chi connectivity index (χ0) is 12.3. The van der Waals surface area contributed by atoms with Crippen molar-refractivity contribution in [2.24, 2.45) is 0 Å². The van der Waals surface area contributed by atoms with Gasteiger partial charge in [0.15, 0.2) is 6.10 Å². The smallest absolute Gasteiger partial charge is 0.335 e. The molecule has 1 rings (SSSR count). The molecule has 88 valence electrons. The minimum atomic E-state index is -1.47. The van der Waals surface area contributed by atoms with Crippen LogP contribution in [-0.2, 0) is 9.53 Å². The lowest BCUT2D eigenvalue weighted by molar-refractivity contribution is -0.151. The molecule has 1 aromatic rings. The lowest BCUT2D eigenvalue weighted by Crippen LogP contribution is -2.28. The maximum absolute atomic E-state index is 13.3. The summed E-state index contributed by atoms with van der Waals surface area (Å²) in [5.41, 5.74) is 0.0688. The van der Waals surface area contributed by atoms with E-state index in [0.717, 1.165) is 13.2 Å². The number of halogens is 2. The number of ether oxygens (including phenoxy) is 1. The Hall–Kier alpha value is -1.49. The SMILES string of the molecule is COC(=O)C(O)C(C)c1ccc(F)cc1F. The van der Waals surface area contributed by atoms with Crippen LogP contribution in [-0.4, -0.2) is 24.3 Å². The van der Waals surface area contributed by atoms with Gasteiger partial charge in [-0.15, -0.1) is 0 Å². The van der Waals surface area contributed by atoms with E-state index in [0.29, 0.717) is 6.07 Å². The van der Waals surface area contributed by atoms with Crippen LogP contribution in [0.1, 0.15) is 18.4 Å². The third kappa shape index (κ3) is 2.55. The van der Waals surface area contributed by atoms with Crippen molar-refractivity contribution < 1.29 is 23.4 Å². The Labute approximate surface area is 91.7 Å². The summed E-state index contributed by atoms with van der Waals surface area (Å²) in [6.07, 6.45) is -1.47. The van der Waals surface area contributed by atoms with Crippen LogP contribution in [0.2, 0.25) is 0 Å². The zero-order valence-corrected chi connectivity index (χ0v) is 8.91. The van der Waals surface area contributed by atoms with Gasteiger partial charge in [0.2, 0.25) is 0 Å². The van der Waals surface area contributed by atoms with Gasteiger partial charge in [0, 0.05) is 12.0 Å². The van der Waals surface area contributed by atoms with Crippen LogP contribution in [0.25, 0.3) is 0 Å². The summed E-state index contributed by atoms with van der Waals surface area (Å²) in [4.78, 5) is 11.0. The van der Waals surface area contributed by atoms with Crippen molar-refractivity contribution in [1.29, 1.82) is 0 Å². The van der Waals surface area contributed by atoms with Gasteiger partial charge in [-0.2, -0.15) is 0 Å². The van der Waals surface area contributed by atoms with E-state index in [9.17, 15) is 18.7 Å². The predicted molar refractivity (Wildman–Crippen MR) is 52.8 cm³/mol. The number of hydrogen-bond acceptors (Lipinski definition) is 3. The lowest BCUT2D eigenvalue weighted by atomic mass is 9.95. The Morgan fingerprint density at radius 1 is 1.44 bits per heavy atom. The van der Waals surface area contributed by atoms with Crippen molar-refractivity contribution in [3.05, 3.63) is 35.4 Å². The van der Waals surface area contributed by atoms with Crippen molar-refractivity contribution in [2.75, 3.05) is 7.11 Å². The Balaban J connectivity index is 2.96. The number of esters is 1. The summed E-state index contributed by atoms with van der Waals surface area (Å²) in [5.74, 6) is -3.15. The summed E-state index contributed by atoms with van der Waals surface area (Å²) in [6, 6.07) is 2.97. The molecule has 16 heavy (non-hydrogen) atoms. The normalized spacial score (nSPS) is 14.3. The molecule has 0 aromatic heterocycles. The molecule has 0 amide bonds. The predicted octanol–water partition coefficient (Wildman–Crippen LogP) is 1.60. The molecule has 0 fully saturated rings. The lowest BCUT2D eigenvalue weighted by Gasteiger charge is -2.17. The molecular formula is C11H12F2O3. The molecule has 3 nitrogen and oxygen atoms in total. The second-order valence-corrected chi connectivity index (χ2v) is 3.42. The molecule has 0 spiro atoms. The van der Waals surface area contributed by atoms with E-state index in [1.54, 1.807) is 0 Å². The first-order valence-corrected chi connectivity index (χ1v) is 4.68. The number of hydrogen-bond donors (Lipinski definition) is 1. The van der Waals surface area contributed by atoms with Gasteiger partial charge in [0.05, 0.1) is 7.11 Å². The van der Waals surface area contributed by atoms with Gasteiger partial charge in [0.25, 0.3) is 0 Å². The summed E-state index contributed by atoms with van der Waals surface area (Å²) in [5, 5.41) is 9.50. The molecule has 0 aliphatic rings. The van der Waals surface area contributed by atoms with Crippen LogP contribution in [0.15, 0.2) is 18.2 Å². The molecule has 0 aliphatic heterocycles. The van der Waals surface area contributed by atoms with Crippen LogP contribution >= 0.6 is 0 Å². The first-order valence-electron chi connectivity index (χ1n) is 4.68. The highest BCUT2D eigenvalue weighted by Crippen LogP contribution is 2.23. The van der Waals surface area contributed by atoms with E-state index >= 15 is 0 Å². The average Bonchev–Trinajstić information content (AvgIpc) is 2.26. The average molecular weight is 230 g/mol. The Bertz CT molecular complexity index is 393. The van der Waals surface area contributed by atoms with Gasteiger partial charge >= 0.3 is 5.97 Å². The number of carbonyl (C=O) groups is 1. The summed E-state index contributed by atoms with van der Waals surface area (Å²) in [6.45, 7) is 1.46. The molecule has 0 saturated carbocycles. The van der Waals surface area contributed by atoms with Gasteiger partial charge < -0.3 is 9.84 Å². The molecular weight excluding hydrogens is 218 g/mol. The maximum Gasteiger partial charge on any atom is 0.335 e. The van der Waals surface area contributed by atoms with Crippen molar-refractivity contribution in [3.63, 3.8) is 0 Å². The minimum absolute atomic E-state index is 0.0688. The van der Waals surface area contributed by atoms with Gasteiger partial charge in [-0.25, -0.2) is 13.6 Å². The molecule has 2 unspecified atom stereocenters. The van der Waals surface area contributed by atoms with Crippen LogP contribution < -0.4 is 0 Å². The van der Waals surface area contributed by atoms with E-state index in [2.05, 4.69) is 4.74 Å². The monoisotopic (exact) mass is 230 g/mol. The summed E-state index contributed by atoms with van der Waals surface area (Å²) < 4.78 is 30.3. The van der Waals surface area contributed by atoms with E-state index < -0.39 is 29.6 Å². The van der Waals surface area contributed by atoms with E-state index in [1.807, 2.05) is 0 Å². The number of carbonyl (C=O) groups excluding carboxylic acids is 1.